The third-order valence-corrected chi connectivity index (χ3v) is 2.95. The summed E-state index contributed by atoms with van der Waals surface area (Å²) >= 11 is 0. The third-order valence-electron chi connectivity index (χ3n) is 2.95. The van der Waals surface area contributed by atoms with Crippen LogP contribution in [0.3, 0.4) is 0 Å². The van der Waals surface area contributed by atoms with Crippen molar-refractivity contribution in [2.24, 2.45) is 5.92 Å². The molecular weight excluding hydrogens is 206 g/mol. The zero-order valence-corrected chi connectivity index (χ0v) is 9.26. The van der Waals surface area contributed by atoms with Crippen LogP contribution in [0, 0.1) is 5.92 Å². The molecule has 0 spiro atoms. The van der Waals surface area contributed by atoms with E-state index in [4.69, 9.17) is 5.11 Å². The molecule has 86 valence electrons. The fraction of sp³-hybridized carbons (Fsp3) is 0.545. The number of hydrogen-bond donors (Lipinski definition) is 1. The normalized spacial score (nSPS) is 17.4. The van der Waals surface area contributed by atoms with Crippen LogP contribution in [0.2, 0.25) is 0 Å². The molecule has 2 rings (SSSR count). The molecule has 0 radical (unpaired) electrons. The molecule has 0 bridgehead atoms. The summed E-state index contributed by atoms with van der Waals surface area (Å²) in [5.41, 5.74) is 0.133. The lowest BCUT2D eigenvalue weighted by atomic mass is 10.00. The summed E-state index contributed by atoms with van der Waals surface area (Å²) in [6, 6.07) is 0. The van der Waals surface area contributed by atoms with Crippen LogP contribution in [-0.4, -0.2) is 34.1 Å². The third kappa shape index (κ3) is 2.29. The van der Waals surface area contributed by atoms with Crippen molar-refractivity contribution in [1.82, 2.24) is 9.97 Å². The van der Waals surface area contributed by atoms with Gasteiger partial charge in [0.25, 0.3) is 0 Å². The van der Waals surface area contributed by atoms with E-state index in [1.807, 2.05) is 0 Å². The molecule has 5 heteroatoms. The summed E-state index contributed by atoms with van der Waals surface area (Å²) in [6.45, 7) is 4.15. The number of aromatic carboxylic acids is 1. The van der Waals surface area contributed by atoms with Gasteiger partial charge in [-0.25, -0.2) is 14.8 Å². The molecule has 5 nitrogen and oxygen atoms in total. The number of hydrogen-bond acceptors (Lipinski definition) is 4. The molecule has 1 aromatic heterocycles. The van der Waals surface area contributed by atoms with Crippen LogP contribution in [0.4, 0.5) is 5.95 Å². The van der Waals surface area contributed by atoms with Crippen molar-refractivity contribution < 1.29 is 9.90 Å². The maximum Gasteiger partial charge on any atom is 0.338 e. The van der Waals surface area contributed by atoms with E-state index in [9.17, 15) is 4.79 Å². The second-order valence-corrected chi connectivity index (χ2v) is 4.25. The molecule has 1 saturated heterocycles. The average Bonchev–Trinajstić information content (AvgIpc) is 2.30. The van der Waals surface area contributed by atoms with Gasteiger partial charge < -0.3 is 10.0 Å². The number of carboxylic acid groups (broad SMARTS) is 1. The second kappa shape index (κ2) is 4.47. The van der Waals surface area contributed by atoms with E-state index >= 15 is 0 Å². The standard InChI is InChI=1S/C11H15N3O2/c1-8-2-4-14(5-3-8)11-12-6-9(7-13-11)10(15)16/h6-8H,2-5H2,1H3,(H,15,16). The number of rotatable bonds is 2. The maximum absolute atomic E-state index is 10.6. The molecule has 0 unspecified atom stereocenters. The second-order valence-electron chi connectivity index (χ2n) is 4.25. The van der Waals surface area contributed by atoms with E-state index in [0.717, 1.165) is 31.8 Å². The Bertz CT molecular complexity index is 369. The summed E-state index contributed by atoms with van der Waals surface area (Å²) in [6.07, 6.45) is 5.01. The van der Waals surface area contributed by atoms with Crippen LogP contribution in [-0.2, 0) is 0 Å². The molecule has 0 aromatic carbocycles. The Morgan fingerprint density at radius 2 is 1.94 bits per heavy atom. The Morgan fingerprint density at radius 1 is 1.38 bits per heavy atom. The maximum atomic E-state index is 10.6. The minimum Gasteiger partial charge on any atom is -0.478 e. The number of piperidine rings is 1. The molecule has 1 aliphatic heterocycles. The number of nitrogens with zero attached hydrogens (tertiary/aromatic N) is 3. The van der Waals surface area contributed by atoms with Crippen molar-refractivity contribution in [2.45, 2.75) is 19.8 Å². The van der Waals surface area contributed by atoms with Gasteiger partial charge in [0.05, 0.1) is 5.56 Å². The lowest BCUT2D eigenvalue weighted by Gasteiger charge is -2.30. The number of aromatic nitrogens is 2. The van der Waals surface area contributed by atoms with E-state index < -0.39 is 5.97 Å². The smallest absolute Gasteiger partial charge is 0.338 e. The minimum atomic E-state index is -0.987. The summed E-state index contributed by atoms with van der Waals surface area (Å²) in [5, 5.41) is 8.73. The highest BCUT2D eigenvalue weighted by Gasteiger charge is 2.18. The van der Waals surface area contributed by atoms with E-state index in [1.165, 1.54) is 12.4 Å². The average molecular weight is 221 g/mol. The summed E-state index contributed by atoms with van der Waals surface area (Å²) < 4.78 is 0. The molecule has 1 aliphatic rings. The molecule has 1 fully saturated rings. The van der Waals surface area contributed by atoms with Crippen LogP contribution in [0.5, 0.6) is 0 Å². The first-order valence-corrected chi connectivity index (χ1v) is 5.47. The molecule has 1 N–H and O–H groups in total. The van der Waals surface area contributed by atoms with Crippen LogP contribution >= 0.6 is 0 Å². The van der Waals surface area contributed by atoms with Gasteiger partial charge >= 0.3 is 5.97 Å². The Labute approximate surface area is 94.1 Å². The van der Waals surface area contributed by atoms with Crippen molar-refractivity contribution >= 4 is 11.9 Å². The van der Waals surface area contributed by atoms with Crippen LogP contribution < -0.4 is 4.90 Å². The van der Waals surface area contributed by atoms with Gasteiger partial charge in [0.2, 0.25) is 5.95 Å². The van der Waals surface area contributed by atoms with E-state index in [0.29, 0.717) is 5.95 Å². The van der Waals surface area contributed by atoms with Gasteiger partial charge in [-0.05, 0) is 18.8 Å². The minimum absolute atomic E-state index is 0.133. The Balaban J connectivity index is 2.07. The molecule has 0 saturated carbocycles. The van der Waals surface area contributed by atoms with Crippen molar-refractivity contribution in [1.29, 1.82) is 0 Å². The first kappa shape index (κ1) is 10.9. The topological polar surface area (TPSA) is 66.3 Å². The lowest BCUT2D eigenvalue weighted by Crippen LogP contribution is -2.34. The highest BCUT2D eigenvalue weighted by Crippen LogP contribution is 2.19. The fourth-order valence-electron chi connectivity index (χ4n) is 1.80. The highest BCUT2D eigenvalue weighted by molar-refractivity contribution is 5.86. The Hall–Kier alpha value is -1.65. The van der Waals surface area contributed by atoms with Gasteiger partial charge in [0.1, 0.15) is 0 Å². The van der Waals surface area contributed by atoms with Crippen LogP contribution in [0.15, 0.2) is 12.4 Å². The predicted molar refractivity (Wildman–Crippen MR) is 59.6 cm³/mol. The van der Waals surface area contributed by atoms with Crippen LogP contribution in [0.25, 0.3) is 0 Å². The Kier molecular flexibility index (Phi) is 3.03. The first-order chi connectivity index (χ1) is 7.66. The molecule has 1 aromatic rings. The predicted octanol–water partition coefficient (Wildman–Crippen LogP) is 1.41. The Morgan fingerprint density at radius 3 is 2.44 bits per heavy atom. The summed E-state index contributed by atoms with van der Waals surface area (Å²) in [4.78, 5) is 20.9. The SMILES string of the molecule is CC1CCN(c2ncc(C(=O)O)cn2)CC1. The molecule has 0 atom stereocenters. The van der Waals surface area contributed by atoms with Gasteiger partial charge in [0.15, 0.2) is 0 Å². The highest BCUT2D eigenvalue weighted by atomic mass is 16.4. The van der Waals surface area contributed by atoms with Gasteiger partial charge in [-0.3, -0.25) is 0 Å². The number of carboxylic acids is 1. The zero-order chi connectivity index (χ0) is 11.5. The first-order valence-electron chi connectivity index (χ1n) is 5.47. The van der Waals surface area contributed by atoms with E-state index in [-0.39, 0.29) is 5.56 Å². The fourth-order valence-corrected chi connectivity index (χ4v) is 1.80. The molecular formula is C11H15N3O2. The monoisotopic (exact) mass is 221 g/mol. The summed E-state index contributed by atoms with van der Waals surface area (Å²) in [5.74, 6) is 0.408. The summed E-state index contributed by atoms with van der Waals surface area (Å²) in [7, 11) is 0. The van der Waals surface area contributed by atoms with E-state index in [1.54, 1.807) is 0 Å². The lowest BCUT2D eigenvalue weighted by molar-refractivity contribution is 0.0696. The molecule has 16 heavy (non-hydrogen) atoms. The van der Waals surface area contributed by atoms with Gasteiger partial charge in [-0.1, -0.05) is 6.92 Å². The quantitative estimate of drug-likeness (QED) is 0.817. The zero-order valence-electron chi connectivity index (χ0n) is 9.26. The van der Waals surface area contributed by atoms with Gasteiger partial charge in [0, 0.05) is 25.5 Å². The van der Waals surface area contributed by atoms with Crippen molar-refractivity contribution in [2.75, 3.05) is 18.0 Å². The van der Waals surface area contributed by atoms with Gasteiger partial charge in [-0.15, -0.1) is 0 Å². The largest absolute Gasteiger partial charge is 0.478 e. The van der Waals surface area contributed by atoms with Crippen molar-refractivity contribution in [3.63, 3.8) is 0 Å². The van der Waals surface area contributed by atoms with E-state index in [2.05, 4.69) is 21.8 Å². The van der Waals surface area contributed by atoms with Crippen molar-refractivity contribution in [3.05, 3.63) is 18.0 Å². The van der Waals surface area contributed by atoms with Gasteiger partial charge in [-0.2, -0.15) is 0 Å². The molecule has 0 amide bonds. The van der Waals surface area contributed by atoms with Crippen LogP contribution in [0.1, 0.15) is 30.1 Å². The number of carbonyl (C=O) groups is 1. The number of anilines is 1. The molecule has 0 aliphatic carbocycles. The van der Waals surface area contributed by atoms with Crippen molar-refractivity contribution in [3.8, 4) is 0 Å². The molecule has 2 heterocycles.